The Morgan fingerprint density at radius 1 is 1.29 bits per heavy atom. The van der Waals surface area contributed by atoms with Crippen LogP contribution in [0.15, 0.2) is 45.9 Å². The molecule has 1 aromatic heterocycles. The van der Waals surface area contributed by atoms with Crippen LogP contribution in [0.5, 0.6) is 0 Å². The van der Waals surface area contributed by atoms with Gasteiger partial charge in [0.25, 0.3) is 10.0 Å². The molecule has 0 saturated heterocycles. The largest absolute Gasteiger partial charge is 0.363 e. The van der Waals surface area contributed by atoms with Gasteiger partial charge in [-0.05, 0) is 34.2 Å². The number of halogens is 2. The van der Waals surface area contributed by atoms with Gasteiger partial charge in [0, 0.05) is 10.5 Å². The standard InChI is InChI=1S/C11H7BrFN3O4S/c12-7-1-3-10(9(13)5-7)15-21(19,20)8-2-4-11(14-6-8)16(17)18/h1-6,15H. The Kier molecular flexibility index (Phi) is 4.19. The second kappa shape index (κ2) is 5.74. The number of hydrogen-bond acceptors (Lipinski definition) is 5. The van der Waals surface area contributed by atoms with Crippen molar-refractivity contribution in [3.05, 3.63) is 56.9 Å². The highest BCUT2D eigenvalue weighted by molar-refractivity contribution is 9.10. The Labute approximate surface area is 127 Å². The molecule has 0 amide bonds. The van der Waals surface area contributed by atoms with Gasteiger partial charge in [0.2, 0.25) is 0 Å². The molecule has 10 heteroatoms. The molecule has 0 saturated carbocycles. The SMILES string of the molecule is O=[N+]([O-])c1ccc(S(=O)(=O)Nc2ccc(Br)cc2F)cn1. The van der Waals surface area contributed by atoms with Crippen LogP contribution >= 0.6 is 15.9 Å². The average molecular weight is 376 g/mol. The van der Waals surface area contributed by atoms with Gasteiger partial charge in [-0.1, -0.05) is 15.9 Å². The lowest BCUT2D eigenvalue weighted by Gasteiger charge is -2.08. The maximum Gasteiger partial charge on any atom is 0.363 e. The highest BCUT2D eigenvalue weighted by Gasteiger charge is 2.19. The number of sulfonamides is 1. The van der Waals surface area contributed by atoms with E-state index in [4.69, 9.17) is 0 Å². The van der Waals surface area contributed by atoms with Crippen LogP contribution in [0.2, 0.25) is 0 Å². The Balaban J connectivity index is 2.31. The maximum atomic E-state index is 13.6. The zero-order valence-electron chi connectivity index (χ0n) is 10.2. The molecular weight excluding hydrogens is 369 g/mol. The fraction of sp³-hybridized carbons (Fsp3) is 0. The molecule has 0 fully saturated rings. The van der Waals surface area contributed by atoms with Gasteiger partial charge in [-0.3, -0.25) is 4.72 Å². The molecule has 7 nitrogen and oxygen atoms in total. The molecule has 0 spiro atoms. The van der Waals surface area contributed by atoms with Gasteiger partial charge in [-0.15, -0.1) is 0 Å². The minimum Gasteiger partial charge on any atom is -0.358 e. The van der Waals surface area contributed by atoms with Crippen LogP contribution in [-0.2, 0) is 10.0 Å². The molecule has 110 valence electrons. The minimum absolute atomic E-state index is 0.239. The quantitative estimate of drug-likeness (QED) is 0.653. The number of nitrogens with one attached hydrogen (secondary N) is 1. The molecule has 0 aliphatic rings. The summed E-state index contributed by atoms with van der Waals surface area (Å²) < 4.78 is 40.1. The first-order valence-electron chi connectivity index (χ1n) is 5.38. The Bertz CT molecular complexity index is 796. The highest BCUT2D eigenvalue weighted by Crippen LogP contribution is 2.22. The summed E-state index contributed by atoms with van der Waals surface area (Å²) in [4.78, 5) is 12.8. The van der Waals surface area contributed by atoms with Crippen molar-refractivity contribution in [3.8, 4) is 0 Å². The number of aromatic nitrogens is 1. The normalized spacial score (nSPS) is 11.1. The van der Waals surface area contributed by atoms with Crippen LogP contribution in [-0.4, -0.2) is 18.3 Å². The number of nitro groups is 1. The van der Waals surface area contributed by atoms with Gasteiger partial charge in [0.15, 0.2) is 6.20 Å². The van der Waals surface area contributed by atoms with Crippen LogP contribution < -0.4 is 4.72 Å². The van der Waals surface area contributed by atoms with E-state index in [9.17, 15) is 22.9 Å². The molecule has 2 rings (SSSR count). The number of anilines is 1. The van der Waals surface area contributed by atoms with Gasteiger partial charge in [0.1, 0.15) is 10.7 Å². The Morgan fingerprint density at radius 2 is 2.00 bits per heavy atom. The molecule has 1 N–H and O–H groups in total. The molecule has 0 aliphatic heterocycles. The van der Waals surface area contributed by atoms with Gasteiger partial charge >= 0.3 is 5.82 Å². The maximum absolute atomic E-state index is 13.6. The van der Waals surface area contributed by atoms with Crippen LogP contribution in [0.3, 0.4) is 0 Å². The van der Waals surface area contributed by atoms with E-state index in [0.717, 1.165) is 24.4 Å². The molecule has 1 aromatic carbocycles. The first-order valence-corrected chi connectivity index (χ1v) is 7.65. The fourth-order valence-corrected chi connectivity index (χ4v) is 2.76. The van der Waals surface area contributed by atoms with Crippen molar-refractivity contribution in [2.45, 2.75) is 4.90 Å². The van der Waals surface area contributed by atoms with Crippen molar-refractivity contribution in [2.24, 2.45) is 0 Å². The van der Waals surface area contributed by atoms with E-state index in [1.165, 1.54) is 12.1 Å². The third-order valence-electron chi connectivity index (χ3n) is 2.39. The second-order valence-electron chi connectivity index (χ2n) is 3.84. The first-order chi connectivity index (χ1) is 9.79. The minimum atomic E-state index is -4.08. The predicted octanol–water partition coefficient (Wildman–Crippen LogP) is 2.69. The number of nitrogens with zero attached hydrogens (tertiary/aromatic N) is 2. The fourth-order valence-electron chi connectivity index (χ4n) is 1.42. The molecule has 1 heterocycles. The summed E-state index contributed by atoms with van der Waals surface area (Å²) in [5.41, 5.74) is -0.239. The molecular formula is C11H7BrFN3O4S. The lowest BCUT2D eigenvalue weighted by Crippen LogP contribution is -2.14. The molecule has 0 unspecified atom stereocenters. The van der Waals surface area contributed by atoms with Gasteiger partial charge in [-0.2, -0.15) is 0 Å². The zero-order valence-corrected chi connectivity index (χ0v) is 12.6. The number of hydrogen-bond donors (Lipinski definition) is 1. The summed E-state index contributed by atoms with van der Waals surface area (Å²) >= 11 is 3.05. The van der Waals surface area contributed by atoms with E-state index in [-0.39, 0.29) is 10.6 Å². The molecule has 0 atom stereocenters. The predicted molar refractivity (Wildman–Crippen MR) is 75.8 cm³/mol. The number of rotatable bonds is 4. The summed E-state index contributed by atoms with van der Waals surface area (Å²) in [7, 11) is -4.08. The molecule has 2 aromatic rings. The van der Waals surface area contributed by atoms with Crippen LogP contribution in [0, 0.1) is 15.9 Å². The summed E-state index contributed by atoms with van der Waals surface area (Å²) in [5, 5.41) is 10.5. The monoisotopic (exact) mass is 375 g/mol. The summed E-state index contributed by atoms with van der Waals surface area (Å²) in [6.45, 7) is 0. The summed E-state index contributed by atoms with van der Waals surface area (Å²) in [6, 6.07) is 5.79. The number of pyridine rings is 1. The van der Waals surface area contributed by atoms with Gasteiger partial charge in [0.05, 0.1) is 5.69 Å². The molecule has 0 radical (unpaired) electrons. The van der Waals surface area contributed by atoms with Gasteiger partial charge < -0.3 is 10.1 Å². The molecule has 0 bridgehead atoms. The van der Waals surface area contributed by atoms with E-state index in [0.29, 0.717) is 4.47 Å². The van der Waals surface area contributed by atoms with E-state index in [2.05, 4.69) is 20.9 Å². The smallest absolute Gasteiger partial charge is 0.358 e. The van der Waals surface area contributed by atoms with E-state index < -0.39 is 26.6 Å². The lowest BCUT2D eigenvalue weighted by atomic mass is 10.3. The van der Waals surface area contributed by atoms with E-state index >= 15 is 0 Å². The van der Waals surface area contributed by atoms with Crippen LogP contribution in [0.1, 0.15) is 0 Å². The Morgan fingerprint density at radius 3 is 2.52 bits per heavy atom. The third-order valence-corrected chi connectivity index (χ3v) is 4.24. The van der Waals surface area contributed by atoms with Crippen LogP contribution in [0.4, 0.5) is 15.9 Å². The molecule has 21 heavy (non-hydrogen) atoms. The lowest BCUT2D eigenvalue weighted by molar-refractivity contribution is -0.389. The third kappa shape index (κ3) is 3.52. The van der Waals surface area contributed by atoms with Crippen molar-refractivity contribution < 1.29 is 17.7 Å². The van der Waals surface area contributed by atoms with Crippen molar-refractivity contribution in [2.75, 3.05) is 4.72 Å². The number of benzene rings is 1. The van der Waals surface area contributed by atoms with Crippen molar-refractivity contribution in [1.82, 2.24) is 4.98 Å². The van der Waals surface area contributed by atoms with E-state index in [1.54, 1.807) is 0 Å². The summed E-state index contributed by atoms with van der Waals surface area (Å²) in [5.74, 6) is -1.24. The van der Waals surface area contributed by atoms with Crippen molar-refractivity contribution in [1.29, 1.82) is 0 Å². The average Bonchev–Trinajstić information content (AvgIpc) is 2.42. The second-order valence-corrected chi connectivity index (χ2v) is 6.44. The van der Waals surface area contributed by atoms with Crippen molar-refractivity contribution in [3.63, 3.8) is 0 Å². The Hall–Kier alpha value is -2.07. The highest BCUT2D eigenvalue weighted by atomic mass is 79.9. The summed E-state index contributed by atoms with van der Waals surface area (Å²) in [6.07, 6.45) is 0.831. The van der Waals surface area contributed by atoms with Crippen molar-refractivity contribution >= 4 is 37.5 Å². The molecule has 0 aliphatic carbocycles. The topological polar surface area (TPSA) is 102 Å². The van der Waals surface area contributed by atoms with Gasteiger partial charge in [-0.25, -0.2) is 12.8 Å². The first kappa shape index (κ1) is 15.3. The zero-order chi connectivity index (χ0) is 15.6. The van der Waals surface area contributed by atoms with Crippen LogP contribution in [0.25, 0.3) is 0 Å². The van der Waals surface area contributed by atoms with E-state index in [1.807, 2.05) is 4.72 Å².